The topological polar surface area (TPSA) is 56.2 Å². The Hall–Kier alpha value is -2.55. The predicted molar refractivity (Wildman–Crippen MR) is 110 cm³/mol. The molecule has 0 saturated heterocycles. The summed E-state index contributed by atoms with van der Waals surface area (Å²) >= 11 is 1.31. The van der Waals surface area contributed by atoms with Crippen LogP contribution in [0.5, 0.6) is 0 Å². The Bertz CT molecular complexity index is 1110. The largest absolute Gasteiger partial charge is 0.488 e. The molecule has 0 radical (unpaired) electrons. The van der Waals surface area contributed by atoms with Gasteiger partial charge in [0, 0.05) is 21.7 Å². The van der Waals surface area contributed by atoms with Crippen molar-refractivity contribution in [1.82, 2.24) is 4.98 Å². The molecule has 1 atom stereocenters. The van der Waals surface area contributed by atoms with Crippen LogP contribution in [0.15, 0.2) is 66.0 Å². The molecule has 0 bridgehead atoms. The van der Waals surface area contributed by atoms with E-state index in [1.54, 1.807) is 41.8 Å². The Morgan fingerprint density at radius 2 is 1.69 bits per heavy atom. The molecule has 148 valence electrons. The van der Waals surface area contributed by atoms with Gasteiger partial charge < -0.3 is 15.0 Å². The maximum atomic E-state index is 13.5. The van der Waals surface area contributed by atoms with Gasteiger partial charge in [-0.2, -0.15) is 13.2 Å². The molecule has 2 heterocycles. The summed E-state index contributed by atoms with van der Waals surface area (Å²) in [5.74, 6) is -0.843. The van der Waals surface area contributed by atoms with E-state index in [1.165, 1.54) is 11.3 Å². The number of hydrogen-bond donors (Lipinski definition) is 3. The van der Waals surface area contributed by atoms with Crippen molar-refractivity contribution >= 4 is 34.8 Å². The second-order valence-corrected chi connectivity index (χ2v) is 7.82. The molecule has 4 rings (SSSR count). The fourth-order valence-corrected chi connectivity index (χ4v) is 4.48. The normalized spacial score (nSPS) is 13.0. The lowest BCUT2D eigenvalue weighted by atomic mass is 9.79. The first kappa shape index (κ1) is 19.8. The van der Waals surface area contributed by atoms with Crippen molar-refractivity contribution in [3.05, 3.63) is 76.5 Å². The minimum Gasteiger partial charge on any atom is -0.423 e. The third kappa shape index (κ3) is 4.10. The average molecular weight is 415 g/mol. The summed E-state index contributed by atoms with van der Waals surface area (Å²) in [4.78, 5) is 3.92. The van der Waals surface area contributed by atoms with Gasteiger partial charge in [-0.3, -0.25) is 0 Å². The number of hydrogen-bond acceptors (Lipinski definition) is 3. The van der Waals surface area contributed by atoms with Crippen molar-refractivity contribution in [3.63, 3.8) is 0 Å². The van der Waals surface area contributed by atoms with Gasteiger partial charge in [-0.25, -0.2) is 0 Å². The number of rotatable bonds is 5. The molecule has 3 N–H and O–H groups in total. The van der Waals surface area contributed by atoms with Crippen LogP contribution in [0.2, 0.25) is 0 Å². The highest BCUT2D eigenvalue weighted by Gasteiger charge is 2.36. The number of fused-ring (bicyclic) bond motifs is 1. The molecule has 29 heavy (non-hydrogen) atoms. The van der Waals surface area contributed by atoms with Gasteiger partial charge in [-0.05, 0) is 34.1 Å². The van der Waals surface area contributed by atoms with Gasteiger partial charge in [-0.1, -0.05) is 48.5 Å². The average Bonchev–Trinajstić information content (AvgIpc) is 3.33. The van der Waals surface area contributed by atoms with E-state index in [1.807, 2.05) is 24.3 Å². The summed E-state index contributed by atoms with van der Waals surface area (Å²) in [7, 11) is -1.60. The Morgan fingerprint density at radius 1 is 0.966 bits per heavy atom. The lowest BCUT2D eigenvalue weighted by Gasteiger charge is -2.19. The summed E-state index contributed by atoms with van der Waals surface area (Å²) in [6, 6.07) is 17.3. The summed E-state index contributed by atoms with van der Waals surface area (Å²) in [6.07, 6.45) is -5.29. The molecular weight excluding hydrogens is 398 g/mol. The maximum absolute atomic E-state index is 13.5. The van der Waals surface area contributed by atoms with Gasteiger partial charge in [0.2, 0.25) is 0 Å². The van der Waals surface area contributed by atoms with E-state index in [0.29, 0.717) is 27.2 Å². The van der Waals surface area contributed by atoms with Crippen LogP contribution in [0.1, 0.15) is 22.8 Å². The van der Waals surface area contributed by atoms with Crippen LogP contribution in [0.25, 0.3) is 22.2 Å². The number of para-hydroxylation sites is 1. The Kier molecular flexibility index (Phi) is 5.25. The molecule has 8 heteroatoms. The third-order valence-electron chi connectivity index (χ3n) is 4.91. The van der Waals surface area contributed by atoms with Gasteiger partial charge in [0.05, 0.1) is 12.1 Å². The summed E-state index contributed by atoms with van der Waals surface area (Å²) in [6.45, 7) is 0. The molecule has 2 aromatic carbocycles. The summed E-state index contributed by atoms with van der Waals surface area (Å²) in [5, 5.41) is 21.2. The SMILES string of the molecule is OB(O)c1ccc(-c2[nH]c3ccccc3c2C(CC(F)(F)F)c2cccs2)cc1. The predicted octanol–water partition coefficient (Wildman–Crippen LogP) is 4.66. The van der Waals surface area contributed by atoms with Gasteiger partial charge in [0.15, 0.2) is 0 Å². The van der Waals surface area contributed by atoms with Crippen molar-refractivity contribution in [2.75, 3.05) is 0 Å². The maximum Gasteiger partial charge on any atom is 0.488 e. The first-order valence-electron chi connectivity index (χ1n) is 9.01. The van der Waals surface area contributed by atoms with E-state index in [0.717, 1.165) is 10.9 Å². The Balaban J connectivity index is 1.93. The van der Waals surface area contributed by atoms with E-state index in [4.69, 9.17) is 0 Å². The lowest BCUT2D eigenvalue weighted by Crippen LogP contribution is -2.29. The highest BCUT2D eigenvalue weighted by molar-refractivity contribution is 7.10. The van der Waals surface area contributed by atoms with E-state index in [2.05, 4.69) is 4.98 Å². The minimum atomic E-state index is -4.32. The number of aromatic amines is 1. The standard InChI is InChI=1S/C21H17BF3NO2S/c23-21(24,25)12-16(18-6-3-11-29-18)19-15-4-1-2-5-17(15)26-20(19)13-7-9-14(10-8-13)22(27)28/h1-11,16,26-28H,12H2. The third-order valence-corrected chi connectivity index (χ3v) is 5.90. The van der Waals surface area contributed by atoms with Gasteiger partial charge in [0.25, 0.3) is 0 Å². The molecule has 0 amide bonds. The van der Waals surface area contributed by atoms with Crippen molar-refractivity contribution in [1.29, 1.82) is 0 Å². The van der Waals surface area contributed by atoms with Crippen molar-refractivity contribution in [3.8, 4) is 11.3 Å². The van der Waals surface area contributed by atoms with E-state index in [9.17, 15) is 23.2 Å². The van der Waals surface area contributed by atoms with Crippen LogP contribution in [0.4, 0.5) is 13.2 Å². The zero-order valence-electron chi connectivity index (χ0n) is 15.1. The summed E-state index contributed by atoms with van der Waals surface area (Å²) in [5.41, 5.74) is 2.96. The molecule has 4 aromatic rings. The van der Waals surface area contributed by atoms with Crippen molar-refractivity contribution < 1.29 is 23.2 Å². The smallest absolute Gasteiger partial charge is 0.423 e. The van der Waals surface area contributed by atoms with E-state index >= 15 is 0 Å². The van der Waals surface area contributed by atoms with Crippen LogP contribution < -0.4 is 5.46 Å². The number of H-pyrrole nitrogens is 1. The first-order valence-corrected chi connectivity index (χ1v) is 9.88. The van der Waals surface area contributed by atoms with Crippen molar-refractivity contribution in [2.24, 2.45) is 0 Å². The monoisotopic (exact) mass is 415 g/mol. The molecular formula is C21H17BF3NO2S. The molecule has 0 fully saturated rings. The summed E-state index contributed by atoms with van der Waals surface area (Å²) < 4.78 is 40.5. The van der Waals surface area contributed by atoms with Crippen LogP contribution in [-0.4, -0.2) is 28.3 Å². The molecule has 1 unspecified atom stereocenters. The second kappa shape index (κ2) is 7.70. The van der Waals surface area contributed by atoms with E-state index < -0.39 is 25.6 Å². The van der Waals surface area contributed by atoms with Gasteiger partial charge in [0.1, 0.15) is 0 Å². The lowest BCUT2D eigenvalue weighted by molar-refractivity contribution is -0.136. The Morgan fingerprint density at radius 3 is 2.31 bits per heavy atom. The van der Waals surface area contributed by atoms with Crippen LogP contribution in [0, 0.1) is 0 Å². The van der Waals surface area contributed by atoms with E-state index in [-0.39, 0.29) is 0 Å². The minimum absolute atomic E-state index is 0.316. The highest BCUT2D eigenvalue weighted by Crippen LogP contribution is 2.44. The molecule has 0 spiro atoms. The number of halogens is 3. The van der Waals surface area contributed by atoms with Crippen LogP contribution in [-0.2, 0) is 0 Å². The first-order chi connectivity index (χ1) is 13.8. The number of benzene rings is 2. The molecule has 0 saturated carbocycles. The molecule has 3 nitrogen and oxygen atoms in total. The van der Waals surface area contributed by atoms with Crippen molar-refractivity contribution in [2.45, 2.75) is 18.5 Å². The van der Waals surface area contributed by atoms with Crippen LogP contribution in [0.3, 0.4) is 0 Å². The number of aromatic nitrogens is 1. The van der Waals surface area contributed by atoms with Gasteiger partial charge in [-0.15, -0.1) is 11.3 Å². The number of nitrogens with one attached hydrogen (secondary N) is 1. The number of thiophene rings is 1. The number of alkyl halides is 3. The van der Waals surface area contributed by atoms with Crippen LogP contribution >= 0.6 is 11.3 Å². The zero-order valence-corrected chi connectivity index (χ0v) is 16.0. The highest BCUT2D eigenvalue weighted by atomic mass is 32.1. The Labute approximate surface area is 169 Å². The molecule has 0 aliphatic carbocycles. The quantitative estimate of drug-likeness (QED) is 0.416. The van der Waals surface area contributed by atoms with Gasteiger partial charge >= 0.3 is 13.3 Å². The molecule has 2 aromatic heterocycles. The molecule has 0 aliphatic heterocycles. The second-order valence-electron chi connectivity index (χ2n) is 6.84. The zero-order chi connectivity index (χ0) is 20.6. The fraction of sp³-hybridized carbons (Fsp3) is 0.143. The fourth-order valence-electron chi connectivity index (χ4n) is 3.64. The molecule has 0 aliphatic rings.